The fourth-order valence-electron chi connectivity index (χ4n) is 2.08. The average molecular weight is 410 g/mol. The van der Waals surface area contributed by atoms with E-state index in [-0.39, 0.29) is 12.2 Å². The molecule has 0 aromatic heterocycles. The third kappa shape index (κ3) is 8.71. The minimum Gasteiger partial charge on any atom is -0.478 e. The van der Waals surface area contributed by atoms with Gasteiger partial charge in [-0.3, -0.25) is 0 Å². The summed E-state index contributed by atoms with van der Waals surface area (Å²) in [6.45, 7) is 4.81. The van der Waals surface area contributed by atoms with E-state index in [4.69, 9.17) is 19.7 Å². The van der Waals surface area contributed by atoms with Crippen molar-refractivity contribution < 1.29 is 34.1 Å². The first-order valence-corrected chi connectivity index (χ1v) is 8.83. The second kappa shape index (κ2) is 13.1. The van der Waals surface area contributed by atoms with Gasteiger partial charge in [0.15, 0.2) is 0 Å². The molecule has 0 aliphatic carbocycles. The van der Waals surface area contributed by atoms with Gasteiger partial charge in [0.05, 0.1) is 12.2 Å². The maximum atomic E-state index is 11.9. The molecule has 0 radical (unpaired) electrons. The molecular formula is C23H22O7. The summed E-state index contributed by atoms with van der Waals surface area (Å²) in [6.07, 6.45) is 4.03. The zero-order chi connectivity index (χ0) is 22.4. The van der Waals surface area contributed by atoms with Gasteiger partial charge in [-0.15, -0.1) is 0 Å². The molecule has 0 saturated carbocycles. The second-order valence-electron chi connectivity index (χ2n) is 5.49. The van der Waals surface area contributed by atoms with Gasteiger partial charge in [0.1, 0.15) is 12.0 Å². The standard InChI is InChI=1S/C20H18O5.C3H4O2/c1-2-24-20(23)16(12-13-19(21)22)14-25-18-11-7-6-10-17(18)15-8-4-3-5-9-15;1-2-3(4)5/h3-14H,2H2,1H3,(H,21,22);2H,1H2,(H,4,5). The van der Waals surface area contributed by atoms with Crippen molar-refractivity contribution in [2.45, 2.75) is 6.92 Å². The molecule has 7 nitrogen and oxygen atoms in total. The van der Waals surface area contributed by atoms with Crippen LogP contribution in [-0.4, -0.2) is 34.7 Å². The molecule has 0 amide bonds. The predicted octanol–water partition coefficient (Wildman–Crippen LogP) is 4.08. The Bertz CT molecular complexity index is 928. The fraction of sp³-hybridized carbons (Fsp3) is 0.0870. The molecule has 0 bridgehead atoms. The van der Waals surface area contributed by atoms with Crippen molar-refractivity contribution in [3.63, 3.8) is 0 Å². The van der Waals surface area contributed by atoms with E-state index in [1.165, 1.54) is 6.26 Å². The fourth-order valence-corrected chi connectivity index (χ4v) is 2.08. The van der Waals surface area contributed by atoms with Gasteiger partial charge in [-0.2, -0.15) is 0 Å². The van der Waals surface area contributed by atoms with Crippen molar-refractivity contribution in [3.05, 3.63) is 91.2 Å². The lowest BCUT2D eigenvalue weighted by molar-refractivity contribution is -0.138. The van der Waals surface area contributed by atoms with Gasteiger partial charge in [0.25, 0.3) is 0 Å². The van der Waals surface area contributed by atoms with Gasteiger partial charge in [0, 0.05) is 17.7 Å². The van der Waals surface area contributed by atoms with Crippen LogP contribution in [0.15, 0.2) is 91.2 Å². The molecule has 2 rings (SSSR count). The molecule has 2 aromatic rings. The number of carboxylic acid groups (broad SMARTS) is 2. The van der Waals surface area contributed by atoms with Crippen molar-refractivity contribution in [1.29, 1.82) is 0 Å². The van der Waals surface area contributed by atoms with Crippen LogP contribution in [0.3, 0.4) is 0 Å². The third-order valence-electron chi connectivity index (χ3n) is 3.38. The molecule has 2 N–H and O–H groups in total. The SMILES string of the molecule is C=CC(=O)O.CCOC(=O)C(C=CC(=O)O)=COc1ccccc1-c1ccccc1. The monoisotopic (exact) mass is 410 g/mol. The zero-order valence-corrected chi connectivity index (χ0v) is 16.4. The number of carboxylic acids is 2. The van der Waals surface area contributed by atoms with E-state index in [1.54, 1.807) is 13.0 Å². The number of rotatable bonds is 8. The van der Waals surface area contributed by atoms with E-state index in [2.05, 4.69) is 6.58 Å². The van der Waals surface area contributed by atoms with E-state index in [1.807, 2.05) is 48.5 Å². The van der Waals surface area contributed by atoms with Crippen LogP contribution < -0.4 is 4.74 Å². The summed E-state index contributed by atoms with van der Waals surface area (Å²) in [5.74, 6) is -2.26. The molecule has 7 heteroatoms. The van der Waals surface area contributed by atoms with E-state index in [0.717, 1.165) is 29.4 Å². The highest BCUT2D eigenvalue weighted by Crippen LogP contribution is 2.29. The first-order valence-electron chi connectivity index (χ1n) is 8.83. The van der Waals surface area contributed by atoms with Gasteiger partial charge < -0.3 is 19.7 Å². The van der Waals surface area contributed by atoms with Gasteiger partial charge in [-0.25, -0.2) is 14.4 Å². The molecule has 0 fully saturated rings. The Hall–Kier alpha value is -4.13. The van der Waals surface area contributed by atoms with E-state index in [9.17, 15) is 14.4 Å². The van der Waals surface area contributed by atoms with Crippen molar-refractivity contribution >= 4 is 17.9 Å². The number of para-hydroxylation sites is 1. The number of benzene rings is 2. The molecular weight excluding hydrogens is 388 g/mol. The van der Waals surface area contributed by atoms with Crippen LogP contribution in [0.1, 0.15) is 6.92 Å². The minimum atomic E-state index is -1.17. The smallest absolute Gasteiger partial charge is 0.341 e. The molecule has 0 atom stereocenters. The van der Waals surface area contributed by atoms with Crippen molar-refractivity contribution in [3.8, 4) is 16.9 Å². The molecule has 156 valence electrons. The third-order valence-corrected chi connectivity index (χ3v) is 3.38. The van der Waals surface area contributed by atoms with Crippen molar-refractivity contribution in [1.82, 2.24) is 0 Å². The van der Waals surface area contributed by atoms with Crippen molar-refractivity contribution in [2.75, 3.05) is 6.61 Å². The summed E-state index contributed by atoms with van der Waals surface area (Å²) in [7, 11) is 0. The van der Waals surface area contributed by atoms with Crippen LogP contribution in [-0.2, 0) is 19.1 Å². The first-order chi connectivity index (χ1) is 14.4. The number of ether oxygens (including phenoxy) is 2. The lowest BCUT2D eigenvalue weighted by atomic mass is 10.1. The Morgan fingerprint density at radius 2 is 1.53 bits per heavy atom. The second-order valence-corrected chi connectivity index (χ2v) is 5.49. The highest BCUT2D eigenvalue weighted by molar-refractivity contribution is 5.93. The summed E-state index contributed by atoms with van der Waals surface area (Å²) < 4.78 is 10.6. The summed E-state index contributed by atoms with van der Waals surface area (Å²) in [4.78, 5) is 31.9. The lowest BCUT2D eigenvalue weighted by Crippen LogP contribution is -2.07. The molecule has 2 aromatic carbocycles. The lowest BCUT2D eigenvalue weighted by Gasteiger charge is -2.09. The number of aliphatic carboxylic acids is 2. The number of carbonyl (C=O) groups is 3. The average Bonchev–Trinajstić information content (AvgIpc) is 2.75. The Kier molecular flexibility index (Phi) is 10.5. The van der Waals surface area contributed by atoms with Gasteiger partial charge in [0.2, 0.25) is 0 Å². The van der Waals surface area contributed by atoms with Crippen LogP contribution in [0.2, 0.25) is 0 Å². The summed E-state index contributed by atoms with van der Waals surface area (Å²) in [5.41, 5.74) is 1.82. The number of carbonyl (C=O) groups excluding carboxylic acids is 1. The molecule has 0 unspecified atom stereocenters. The van der Waals surface area contributed by atoms with Crippen molar-refractivity contribution in [2.24, 2.45) is 0 Å². The summed E-state index contributed by atoms with van der Waals surface area (Å²) >= 11 is 0. The summed E-state index contributed by atoms with van der Waals surface area (Å²) in [6, 6.07) is 17.0. The maximum Gasteiger partial charge on any atom is 0.341 e. The van der Waals surface area contributed by atoms with Crippen LogP contribution in [0.5, 0.6) is 5.75 Å². The van der Waals surface area contributed by atoms with E-state index >= 15 is 0 Å². The topological polar surface area (TPSA) is 110 Å². The first kappa shape index (κ1) is 23.9. The van der Waals surface area contributed by atoms with Gasteiger partial charge >= 0.3 is 17.9 Å². The van der Waals surface area contributed by atoms with Gasteiger partial charge in [-0.05, 0) is 24.6 Å². The predicted molar refractivity (Wildman–Crippen MR) is 112 cm³/mol. The molecule has 0 aliphatic rings. The van der Waals surface area contributed by atoms with Gasteiger partial charge in [-0.1, -0.05) is 55.1 Å². The molecule has 0 spiro atoms. The van der Waals surface area contributed by atoms with Crippen LogP contribution in [0, 0.1) is 0 Å². The maximum absolute atomic E-state index is 11.9. The molecule has 0 saturated heterocycles. The zero-order valence-electron chi connectivity index (χ0n) is 16.4. The molecule has 0 aliphatic heterocycles. The van der Waals surface area contributed by atoms with E-state index in [0.29, 0.717) is 5.75 Å². The highest BCUT2D eigenvalue weighted by atomic mass is 16.5. The number of hydrogen-bond donors (Lipinski definition) is 2. The van der Waals surface area contributed by atoms with Crippen LogP contribution >= 0.6 is 0 Å². The Morgan fingerprint density at radius 1 is 0.933 bits per heavy atom. The minimum absolute atomic E-state index is 0.00659. The normalized spacial score (nSPS) is 10.5. The Morgan fingerprint density at radius 3 is 2.10 bits per heavy atom. The Labute approximate surface area is 174 Å². The van der Waals surface area contributed by atoms with Crippen LogP contribution in [0.25, 0.3) is 11.1 Å². The van der Waals surface area contributed by atoms with E-state index < -0.39 is 17.9 Å². The largest absolute Gasteiger partial charge is 0.478 e. The van der Waals surface area contributed by atoms with Crippen LogP contribution in [0.4, 0.5) is 0 Å². The quantitative estimate of drug-likeness (QED) is 0.292. The molecule has 0 heterocycles. The summed E-state index contributed by atoms with van der Waals surface area (Å²) in [5, 5.41) is 16.3. The number of hydrogen-bond acceptors (Lipinski definition) is 5. The highest BCUT2D eigenvalue weighted by Gasteiger charge is 2.10. The number of esters is 1. The Balaban J connectivity index is 0.000000804. The molecule has 30 heavy (non-hydrogen) atoms.